The predicted octanol–water partition coefficient (Wildman–Crippen LogP) is 5.55. The number of hydrogen-bond donors (Lipinski definition) is 2. The minimum atomic E-state index is 0.158. The third kappa shape index (κ3) is 5.60. The SMILES string of the molecule is C=CCOc1ccc(NC(=S)N[C@@H](c2ccc(C)cc2C)C(C)C)cc1. The molecule has 0 unspecified atom stereocenters. The van der Waals surface area contributed by atoms with Crippen LogP contribution in [0.5, 0.6) is 5.75 Å². The Labute approximate surface area is 162 Å². The van der Waals surface area contributed by atoms with Crippen molar-refractivity contribution >= 4 is 23.0 Å². The molecule has 0 aromatic heterocycles. The number of rotatable bonds is 7. The van der Waals surface area contributed by atoms with Gasteiger partial charge >= 0.3 is 0 Å². The molecule has 0 aliphatic rings. The minimum absolute atomic E-state index is 0.158. The lowest BCUT2D eigenvalue weighted by atomic mass is 9.92. The topological polar surface area (TPSA) is 33.3 Å². The zero-order valence-electron chi connectivity index (χ0n) is 16.0. The van der Waals surface area contributed by atoms with Crippen LogP contribution in [0.4, 0.5) is 5.69 Å². The average molecular weight is 369 g/mol. The molecule has 0 aliphatic carbocycles. The van der Waals surface area contributed by atoms with Gasteiger partial charge in [-0.2, -0.15) is 0 Å². The Morgan fingerprint density at radius 3 is 2.42 bits per heavy atom. The molecule has 0 saturated carbocycles. The molecule has 2 aromatic rings. The molecule has 0 saturated heterocycles. The van der Waals surface area contributed by atoms with Crippen LogP contribution in [0, 0.1) is 19.8 Å². The first-order chi connectivity index (χ1) is 12.4. The summed E-state index contributed by atoms with van der Waals surface area (Å²) in [6.45, 7) is 12.8. The first-order valence-electron chi connectivity index (χ1n) is 8.89. The Hall–Kier alpha value is -2.33. The normalized spacial score (nSPS) is 11.7. The standard InChI is InChI=1S/C22H28N2OS/c1-6-13-25-19-10-8-18(9-11-19)23-22(26)24-21(15(2)3)20-12-7-16(4)14-17(20)5/h6-12,14-15,21H,1,13H2,2-5H3,(H2,23,24,26)/t21-/m1/s1. The molecule has 2 rings (SSSR count). The van der Waals surface area contributed by atoms with Crippen molar-refractivity contribution in [1.82, 2.24) is 5.32 Å². The summed E-state index contributed by atoms with van der Waals surface area (Å²) in [5.74, 6) is 1.22. The molecule has 0 aliphatic heterocycles. The average Bonchev–Trinajstić information content (AvgIpc) is 2.59. The fourth-order valence-corrected chi connectivity index (χ4v) is 3.12. The Kier molecular flexibility index (Phi) is 7.22. The van der Waals surface area contributed by atoms with Crippen molar-refractivity contribution in [2.24, 2.45) is 5.92 Å². The highest BCUT2D eigenvalue weighted by Gasteiger charge is 2.18. The number of benzene rings is 2. The predicted molar refractivity (Wildman–Crippen MR) is 115 cm³/mol. The van der Waals surface area contributed by atoms with Crippen LogP contribution in [0.15, 0.2) is 55.1 Å². The van der Waals surface area contributed by atoms with Crippen LogP contribution >= 0.6 is 12.2 Å². The zero-order chi connectivity index (χ0) is 19.1. The van der Waals surface area contributed by atoms with E-state index in [0.29, 0.717) is 17.6 Å². The highest BCUT2D eigenvalue weighted by atomic mass is 32.1. The van der Waals surface area contributed by atoms with Gasteiger partial charge in [0.15, 0.2) is 5.11 Å². The monoisotopic (exact) mass is 368 g/mol. The van der Waals surface area contributed by atoms with Crippen LogP contribution < -0.4 is 15.4 Å². The summed E-state index contributed by atoms with van der Waals surface area (Å²) in [6.07, 6.45) is 1.73. The van der Waals surface area contributed by atoms with Gasteiger partial charge in [0.2, 0.25) is 0 Å². The van der Waals surface area contributed by atoms with Gasteiger partial charge in [0, 0.05) is 5.69 Å². The maximum absolute atomic E-state index is 5.54. The van der Waals surface area contributed by atoms with E-state index < -0.39 is 0 Å². The van der Waals surface area contributed by atoms with E-state index in [0.717, 1.165) is 11.4 Å². The van der Waals surface area contributed by atoms with Gasteiger partial charge in [-0.1, -0.05) is 50.3 Å². The first kappa shape index (κ1) is 20.0. The van der Waals surface area contributed by atoms with Gasteiger partial charge in [-0.25, -0.2) is 0 Å². The lowest BCUT2D eigenvalue weighted by Gasteiger charge is -2.26. The number of aryl methyl sites for hydroxylation is 2. The molecule has 0 spiro atoms. The Morgan fingerprint density at radius 1 is 1.15 bits per heavy atom. The van der Waals surface area contributed by atoms with Crippen LogP contribution in [-0.4, -0.2) is 11.7 Å². The first-order valence-corrected chi connectivity index (χ1v) is 9.30. The minimum Gasteiger partial charge on any atom is -0.490 e. The smallest absolute Gasteiger partial charge is 0.171 e. The lowest BCUT2D eigenvalue weighted by Crippen LogP contribution is -2.35. The summed E-state index contributed by atoms with van der Waals surface area (Å²) in [4.78, 5) is 0. The molecular formula is C22H28N2OS. The molecule has 0 amide bonds. The second kappa shape index (κ2) is 9.39. The summed E-state index contributed by atoms with van der Waals surface area (Å²) in [7, 11) is 0. The van der Waals surface area contributed by atoms with E-state index in [2.05, 4.69) is 63.1 Å². The third-order valence-electron chi connectivity index (χ3n) is 4.19. The van der Waals surface area contributed by atoms with E-state index in [1.54, 1.807) is 6.08 Å². The van der Waals surface area contributed by atoms with Crippen molar-refractivity contribution in [1.29, 1.82) is 0 Å². The summed E-state index contributed by atoms with van der Waals surface area (Å²) < 4.78 is 5.50. The molecular weight excluding hydrogens is 340 g/mol. The van der Waals surface area contributed by atoms with Crippen LogP contribution in [-0.2, 0) is 0 Å². The Bertz CT molecular complexity index is 753. The van der Waals surface area contributed by atoms with Gasteiger partial charge in [-0.15, -0.1) is 0 Å². The quantitative estimate of drug-likeness (QED) is 0.496. The van der Waals surface area contributed by atoms with E-state index in [9.17, 15) is 0 Å². The maximum Gasteiger partial charge on any atom is 0.171 e. The van der Waals surface area contributed by atoms with Crippen molar-refractivity contribution in [2.45, 2.75) is 33.7 Å². The molecule has 138 valence electrons. The molecule has 26 heavy (non-hydrogen) atoms. The van der Waals surface area contributed by atoms with Crippen LogP contribution in [0.1, 0.15) is 36.6 Å². The number of thiocarbonyl (C=S) groups is 1. The van der Waals surface area contributed by atoms with Gasteiger partial charge in [0.25, 0.3) is 0 Å². The van der Waals surface area contributed by atoms with Crippen molar-refractivity contribution in [2.75, 3.05) is 11.9 Å². The van der Waals surface area contributed by atoms with Gasteiger partial charge in [-0.3, -0.25) is 0 Å². The van der Waals surface area contributed by atoms with Crippen LogP contribution in [0.2, 0.25) is 0 Å². The van der Waals surface area contributed by atoms with Crippen LogP contribution in [0.25, 0.3) is 0 Å². The number of nitrogens with one attached hydrogen (secondary N) is 2. The van der Waals surface area contributed by atoms with E-state index in [1.165, 1.54) is 16.7 Å². The van der Waals surface area contributed by atoms with Gasteiger partial charge < -0.3 is 15.4 Å². The second-order valence-electron chi connectivity index (χ2n) is 6.80. The largest absolute Gasteiger partial charge is 0.490 e. The van der Waals surface area contributed by atoms with Crippen LogP contribution in [0.3, 0.4) is 0 Å². The maximum atomic E-state index is 5.54. The zero-order valence-corrected chi connectivity index (χ0v) is 16.8. The molecule has 1 atom stereocenters. The van der Waals surface area contributed by atoms with E-state index in [1.807, 2.05) is 24.3 Å². The molecule has 2 N–H and O–H groups in total. The molecule has 4 heteroatoms. The fraction of sp³-hybridized carbons (Fsp3) is 0.318. The molecule has 0 fully saturated rings. The number of ether oxygens (including phenoxy) is 1. The summed E-state index contributed by atoms with van der Waals surface area (Å²) >= 11 is 5.54. The van der Waals surface area contributed by atoms with Gasteiger partial charge in [0.05, 0.1) is 6.04 Å². The number of hydrogen-bond acceptors (Lipinski definition) is 2. The summed E-state index contributed by atoms with van der Waals surface area (Å²) in [5.41, 5.74) is 4.76. The molecule has 0 radical (unpaired) electrons. The molecule has 0 bridgehead atoms. The highest BCUT2D eigenvalue weighted by molar-refractivity contribution is 7.80. The Balaban J connectivity index is 2.04. The van der Waals surface area contributed by atoms with Crippen molar-refractivity contribution in [3.05, 3.63) is 71.8 Å². The van der Waals surface area contributed by atoms with Crippen molar-refractivity contribution in [3.63, 3.8) is 0 Å². The lowest BCUT2D eigenvalue weighted by molar-refractivity contribution is 0.363. The van der Waals surface area contributed by atoms with Crippen molar-refractivity contribution < 1.29 is 4.74 Å². The van der Waals surface area contributed by atoms with Crippen molar-refractivity contribution in [3.8, 4) is 5.75 Å². The third-order valence-corrected chi connectivity index (χ3v) is 4.41. The molecule has 2 aromatic carbocycles. The van der Waals surface area contributed by atoms with E-state index >= 15 is 0 Å². The molecule has 0 heterocycles. The fourth-order valence-electron chi connectivity index (χ4n) is 2.88. The van der Waals surface area contributed by atoms with Gasteiger partial charge in [-0.05, 0) is 67.4 Å². The van der Waals surface area contributed by atoms with Gasteiger partial charge in [0.1, 0.15) is 12.4 Å². The highest BCUT2D eigenvalue weighted by Crippen LogP contribution is 2.26. The molecule has 3 nitrogen and oxygen atoms in total. The van der Waals surface area contributed by atoms with E-state index in [-0.39, 0.29) is 6.04 Å². The summed E-state index contributed by atoms with van der Waals surface area (Å²) in [5, 5.41) is 7.34. The second-order valence-corrected chi connectivity index (χ2v) is 7.21. The summed E-state index contributed by atoms with van der Waals surface area (Å²) in [6, 6.07) is 14.4. The van der Waals surface area contributed by atoms with E-state index in [4.69, 9.17) is 17.0 Å². The number of anilines is 1. The Morgan fingerprint density at radius 2 is 1.85 bits per heavy atom.